The van der Waals surface area contributed by atoms with Gasteiger partial charge in [-0.05, 0) is 31.0 Å². The van der Waals surface area contributed by atoms with Crippen molar-refractivity contribution < 1.29 is 10.0 Å². The average molecular weight is 300 g/mol. The number of hydrogen-bond acceptors (Lipinski definition) is 4. The molecule has 116 valence electrons. The number of rotatable bonds is 7. The molecule has 1 atom stereocenters. The van der Waals surface area contributed by atoms with Gasteiger partial charge in [-0.25, -0.2) is 0 Å². The predicted molar refractivity (Wildman–Crippen MR) is 87.2 cm³/mol. The minimum absolute atomic E-state index is 0.125. The van der Waals surface area contributed by atoms with Crippen LogP contribution in [-0.2, 0) is 0 Å². The van der Waals surface area contributed by atoms with Crippen molar-refractivity contribution in [2.24, 2.45) is 0 Å². The fourth-order valence-electron chi connectivity index (χ4n) is 2.48. The highest BCUT2D eigenvalue weighted by Crippen LogP contribution is 2.24. The molecule has 0 radical (unpaired) electrons. The second kappa shape index (κ2) is 7.56. The number of aliphatic hydroxyl groups excluding tert-OH is 1. The summed E-state index contributed by atoms with van der Waals surface area (Å²) in [6.07, 6.45) is 0.670. The molecule has 2 rings (SSSR count). The highest BCUT2D eigenvalue weighted by Gasteiger charge is 2.13. The molecule has 0 fully saturated rings. The van der Waals surface area contributed by atoms with Crippen LogP contribution >= 0.6 is 0 Å². The minimum atomic E-state index is -0.377. The first-order valence-electron chi connectivity index (χ1n) is 7.26. The number of benzene rings is 2. The Balaban J connectivity index is 2.06. The maximum Gasteiger partial charge on any atom is 0.272 e. The molecule has 1 unspecified atom stereocenters. The van der Waals surface area contributed by atoms with Crippen molar-refractivity contribution in [3.05, 3.63) is 69.8 Å². The van der Waals surface area contributed by atoms with Gasteiger partial charge in [-0.15, -0.1) is 0 Å². The molecule has 0 amide bonds. The lowest BCUT2D eigenvalue weighted by Crippen LogP contribution is -2.14. The third-order valence-corrected chi connectivity index (χ3v) is 3.69. The molecular weight excluding hydrogens is 280 g/mol. The number of aliphatic hydroxyl groups is 1. The summed E-state index contributed by atoms with van der Waals surface area (Å²) in [4.78, 5) is 10.4. The van der Waals surface area contributed by atoms with Crippen LogP contribution in [0.25, 0.3) is 0 Å². The molecule has 0 aromatic heterocycles. The van der Waals surface area contributed by atoms with Gasteiger partial charge in [0.15, 0.2) is 0 Å². The Hall–Kier alpha value is -2.40. The largest absolute Gasteiger partial charge is 0.396 e. The molecule has 0 aliphatic carbocycles. The third-order valence-electron chi connectivity index (χ3n) is 3.69. The van der Waals surface area contributed by atoms with Gasteiger partial charge in [-0.1, -0.05) is 30.3 Å². The zero-order valence-electron chi connectivity index (χ0n) is 12.5. The molecule has 0 aliphatic rings. The second-order valence-electron chi connectivity index (χ2n) is 5.26. The Labute approximate surface area is 129 Å². The lowest BCUT2D eigenvalue weighted by Gasteiger charge is -2.18. The number of nitrogens with one attached hydrogen (secondary N) is 1. The maximum absolute atomic E-state index is 10.8. The summed E-state index contributed by atoms with van der Waals surface area (Å²) >= 11 is 0. The van der Waals surface area contributed by atoms with E-state index >= 15 is 0 Å². The Morgan fingerprint density at radius 1 is 1.23 bits per heavy atom. The van der Waals surface area contributed by atoms with E-state index in [1.54, 1.807) is 19.1 Å². The zero-order chi connectivity index (χ0) is 15.9. The van der Waals surface area contributed by atoms with Crippen molar-refractivity contribution in [2.45, 2.75) is 19.3 Å². The maximum atomic E-state index is 10.8. The van der Waals surface area contributed by atoms with Crippen LogP contribution < -0.4 is 5.32 Å². The Morgan fingerprint density at radius 3 is 2.55 bits per heavy atom. The van der Waals surface area contributed by atoms with Gasteiger partial charge in [-0.3, -0.25) is 10.1 Å². The van der Waals surface area contributed by atoms with Crippen LogP contribution in [0.3, 0.4) is 0 Å². The van der Waals surface area contributed by atoms with Crippen LogP contribution in [0.1, 0.15) is 23.5 Å². The van der Waals surface area contributed by atoms with Gasteiger partial charge in [0.05, 0.1) is 4.92 Å². The quantitative estimate of drug-likeness (QED) is 0.606. The van der Waals surface area contributed by atoms with E-state index < -0.39 is 0 Å². The molecule has 5 nitrogen and oxygen atoms in total. The van der Waals surface area contributed by atoms with E-state index in [4.69, 9.17) is 0 Å². The number of nitrogens with zero attached hydrogens (tertiary/aromatic N) is 1. The Morgan fingerprint density at radius 2 is 1.95 bits per heavy atom. The summed E-state index contributed by atoms with van der Waals surface area (Å²) in [6, 6.07) is 15.0. The molecule has 0 spiro atoms. The average Bonchev–Trinajstić information content (AvgIpc) is 2.52. The molecule has 2 aromatic rings. The van der Waals surface area contributed by atoms with Gasteiger partial charge in [0.2, 0.25) is 0 Å². The molecule has 0 bridgehead atoms. The first-order valence-corrected chi connectivity index (χ1v) is 7.26. The van der Waals surface area contributed by atoms with Crippen molar-refractivity contribution in [3.63, 3.8) is 0 Å². The van der Waals surface area contributed by atoms with E-state index in [9.17, 15) is 15.2 Å². The minimum Gasteiger partial charge on any atom is -0.396 e. The van der Waals surface area contributed by atoms with Crippen LogP contribution in [0.15, 0.2) is 48.5 Å². The molecule has 2 N–H and O–H groups in total. The fraction of sp³-hybridized carbons (Fsp3) is 0.294. The lowest BCUT2D eigenvalue weighted by atomic mass is 9.96. The molecule has 2 aromatic carbocycles. The first-order chi connectivity index (χ1) is 10.6. The first kappa shape index (κ1) is 16.0. The van der Waals surface area contributed by atoms with Crippen molar-refractivity contribution in [3.8, 4) is 0 Å². The SMILES string of the molecule is Cc1cc(NCC(CCO)c2ccccc2)ccc1[N+](=O)[O-]. The van der Waals surface area contributed by atoms with Crippen LogP contribution in [0.2, 0.25) is 0 Å². The van der Waals surface area contributed by atoms with Crippen molar-refractivity contribution in [2.75, 3.05) is 18.5 Å². The van der Waals surface area contributed by atoms with Gasteiger partial charge in [0, 0.05) is 36.4 Å². The fourth-order valence-corrected chi connectivity index (χ4v) is 2.48. The molecule has 22 heavy (non-hydrogen) atoms. The molecular formula is C17H20N2O3. The predicted octanol–water partition coefficient (Wildman–Crippen LogP) is 3.48. The van der Waals surface area contributed by atoms with E-state index in [0.717, 1.165) is 5.69 Å². The summed E-state index contributed by atoms with van der Waals surface area (Å²) in [5, 5.41) is 23.4. The Kier molecular flexibility index (Phi) is 5.49. The molecule has 0 saturated carbocycles. The number of hydrogen-bond donors (Lipinski definition) is 2. The summed E-state index contributed by atoms with van der Waals surface area (Å²) < 4.78 is 0. The van der Waals surface area contributed by atoms with Crippen LogP contribution in [0, 0.1) is 17.0 Å². The van der Waals surface area contributed by atoms with Crippen LogP contribution in [0.5, 0.6) is 0 Å². The van der Waals surface area contributed by atoms with Gasteiger partial charge in [0.1, 0.15) is 0 Å². The van der Waals surface area contributed by atoms with Crippen molar-refractivity contribution in [1.82, 2.24) is 0 Å². The normalized spacial score (nSPS) is 11.9. The van der Waals surface area contributed by atoms with Gasteiger partial charge >= 0.3 is 0 Å². The molecule has 0 aliphatic heterocycles. The van der Waals surface area contributed by atoms with Crippen LogP contribution in [0.4, 0.5) is 11.4 Å². The third kappa shape index (κ3) is 4.05. The van der Waals surface area contributed by atoms with Gasteiger partial charge in [-0.2, -0.15) is 0 Å². The van der Waals surface area contributed by atoms with E-state index in [1.807, 2.05) is 30.3 Å². The van der Waals surface area contributed by atoms with Gasteiger partial charge in [0.25, 0.3) is 5.69 Å². The Bertz CT molecular complexity index is 629. The molecule has 0 heterocycles. The summed E-state index contributed by atoms with van der Waals surface area (Å²) in [5.74, 6) is 0.196. The van der Waals surface area contributed by atoms with Crippen molar-refractivity contribution >= 4 is 11.4 Å². The van der Waals surface area contributed by atoms with Crippen LogP contribution in [-0.4, -0.2) is 23.2 Å². The highest BCUT2D eigenvalue weighted by atomic mass is 16.6. The number of nitro benzene ring substituents is 1. The number of nitro groups is 1. The molecule has 5 heteroatoms. The van der Waals surface area contributed by atoms with Crippen molar-refractivity contribution in [1.29, 1.82) is 0 Å². The number of aryl methyl sites for hydroxylation is 1. The second-order valence-corrected chi connectivity index (χ2v) is 5.26. The smallest absolute Gasteiger partial charge is 0.272 e. The van der Waals surface area contributed by atoms with E-state index in [2.05, 4.69) is 5.32 Å². The lowest BCUT2D eigenvalue weighted by molar-refractivity contribution is -0.385. The monoisotopic (exact) mass is 300 g/mol. The standard InChI is InChI=1S/C17H20N2O3/c1-13-11-16(7-8-17(13)19(21)22)18-12-15(9-10-20)14-5-3-2-4-6-14/h2-8,11,15,18,20H,9-10,12H2,1H3. The summed E-state index contributed by atoms with van der Waals surface area (Å²) in [6.45, 7) is 2.52. The van der Waals surface area contributed by atoms with E-state index in [-0.39, 0.29) is 23.1 Å². The summed E-state index contributed by atoms with van der Waals surface area (Å²) in [5.41, 5.74) is 2.78. The van der Waals surface area contributed by atoms with Gasteiger partial charge < -0.3 is 10.4 Å². The highest BCUT2D eigenvalue weighted by molar-refractivity contribution is 5.53. The summed E-state index contributed by atoms with van der Waals surface area (Å²) in [7, 11) is 0. The van der Waals surface area contributed by atoms with E-state index in [0.29, 0.717) is 18.5 Å². The zero-order valence-corrected chi connectivity index (χ0v) is 12.5. The number of anilines is 1. The molecule has 0 saturated heterocycles. The van der Waals surface area contributed by atoms with E-state index in [1.165, 1.54) is 11.6 Å². The topological polar surface area (TPSA) is 75.4 Å².